The lowest BCUT2D eigenvalue weighted by atomic mass is 10.0. The molecule has 0 radical (unpaired) electrons. The largest absolute Gasteiger partial charge is 0.489 e. The summed E-state index contributed by atoms with van der Waals surface area (Å²) in [6.45, 7) is 4.43. The Morgan fingerprint density at radius 2 is 1.96 bits per heavy atom. The quantitative estimate of drug-likeness (QED) is 0.515. The maximum atomic E-state index is 12.6. The highest BCUT2D eigenvalue weighted by Crippen LogP contribution is 2.23. The van der Waals surface area contributed by atoms with Crippen molar-refractivity contribution in [3.63, 3.8) is 0 Å². The van der Waals surface area contributed by atoms with Gasteiger partial charge in [0.25, 0.3) is 5.91 Å². The minimum atomic E-state index is -0.0516. The number of halogens is 1. The van der Waals surface area contributed by atoms with Crippen LogP contribution in [0.1, 0.15) is 45.7 Å². The molecule has 0 bridgehead atoms. The molecule has 140 valence electrons. The minimum absolute atomic E-state index is 0.0116. The van der Waals surface area contributed by atoms with Crippen molar-refractivity contribution < 1.29 is 9.53 Å². The molecular formula is C22H22ClNO2S. The lowest BCUT2D eigenvalue weighted by Crippen LogP contribution is -2.27. The van der Waals surface area contributed by atoms with Gasteiger partial charge in [-0.25, -0.2) is 0 Å². The Labute approximate surface area is 169 Å². The average Bonchev–Trinajstić information content (AvgIpc) is 3.17. The Morgan fingerprint density at radius 3 is 2.67 bits per heavy atom. The molecular weight excluding hydrogens is 378 g/mol. The lowest BCUT2D eigenvalue weighted by molar-refractivity contribution is 0.0939. The van der Waals surface area contributed by atoms with Crippen LogP contribution in [0.2, 0.25) is 5.02 Å². The van der Waals surface area contributed by atoms with Gasteiger partial charge in [0.15, 0.2) is 0 Å². The minimum Gasteiger partial charge on any atom is -0.489 e. The number of hydrogen-bond acceptors (Lipinski definition) is 3. The van der Waals surface area contributed by atoms with Crippen molar-refractivity contribution in [1.82, 2.24) is 5.32 Å². The predicted octanol–water partition coefficient (Wildman–Crippen LogP) is 6.17. The van der Waals surface area contributed by atoms with Crippen molar-refractivity contribution in [2.75, 3.05) is 0 Å². The number of benzene rings is 2. The molecule has 1 heterocycles. The highest BCUT2D eigenvalue weighted by atomic mass is 35.5. The van der Waals surface area contributed by atoms with Crippen molar-refractivity contribution in [2.24, 2.45) is 0 Å². The number of ether oxygens (including phenoxy) is 1. The van der Waals surface area contributed by atoms with E-state index in [1.165, 1.54) is 11.3 Å². The number of nitrogens with one attached hydrogen (secondary N) is 1. The summed E-state index contributed by atoms with van der Waals surface area (Å²) in [6.07, 6.45) is 0.840. The molecule has 0 saturated heterocycles. The Hall–Kier alpha value is -2.30. The molecule has 5 heteroatoms. The Balaban J connectivity index is 1.60. The van der Waals surface area contributed by atoms with Crippen molar-refractivity contribution in [3.8, 4) is 5.75 Å². The predicted molar refractivity (Wildman–Crippen MR) is 112 cm³/mol. The average molecular weight is 400 g/mol. The zero-order valence-corrected chi connectivity index (χ0v) is 16.9. The fourth-order valence-electron chi connectivity index (χ4n) is 2.78. The summed E-state index contributed by atoms with van der Waals surface area (Å²) in [5, 5.41) is 5.80. The van der Waals surface area contributed by atoms with E-state index in [0.717, 1.165) is 33.9 Å². The van der Waals surface area contributed by atoms with Crippen LogP contribution in [0.4, 0.5) is 0 Å². The third-order valence-corrected chi connectivity index (χ3v) is 5.73. The molecule has 3 rings (SSSR count). The number of thiophene rings is 1. The molecule has 1 aromatic heterocycles. The van der Waals surface area contributed by atoms with Gasteiger partial charge in [0, 0.05) is 10.6 Å². The number of aryl methyl sites for hydroxylation is 1. The van der Waals surface area contributed by atoms with Crippen molar-refractivity contribution >= 4 is 28.8 Å². The highest BCUT2D eigenvalue weighted by Gasteiger charge is 2.15. The summed E-state index contributed by atoms with van der Waals surface area (Å²) in [4.78, 5) is 13.3. The maximum Gasteiger partial charge on any atom is 0.261 e. The molecule has 27 heavy (non-hydrogen) atoms. The standard InChI is InChI=1S/C22H22ClNO2S/c1-3-20(17-7-5-4-6-8-17)24-22(25)21-12-16(14-27-21)13-26-18-9-10-19(23)15(2)11-18/h4-12,14,20H,3,13H2,1-2H3,(H,24,25). The van der Waals surface area contributed by atoms with Gasteiger partial charge in [-0.1, -0.05) is 48.9 Å². The van der Waals surface area contributed by atoms with Crippen LogP contribution in [0.25, 0.3) is 0 Å². The number of carbonyl (C=O) groups excluding carboxylic acids is 1. The number of rotatable bonds is 7. The highest BCUT2D eigenvalue weighted by molar-refractivity contribution is 7.12. The monoisotopic (exact) mass is 399 g/mol. The topological polar surface area (TPSA) is 38.3 Å². The fraction of sp³-hybridized carbons (Fsp3) is 0.227. The second kappa shape index (κ2) is 9.07. The zero-order valence-electron chi connectivity index (χ0n) is 15.4. The van der Waals surface area contributed by atoms with Crippen LogP contribution in [0.3, 0.4) is 0 Å². The number of amides is 1. The SMILES string of the molecule is CCC(NC(=O)c1cc(COc2ccc(Cl)c(C)c2)cs1)c1ccccc1. The summed E-state index contributed by atoms with van der Waals surface area (Å²) in [5.74, 6) is 0.716. The maximum absolute atomic E-state index is 12.6. The molecule has 0 aliphatic rings. The normalized spacial score (nSPS) is 11.8. The number of hydrogen-bond donors (Lipinski definition) is 1. The molecule has 0 saturated carbocycles. The first-order chi connectivity index (χ1) is 13.1. The fourth-order valence-corrected chi connectivity index (χ4v) is 3.70. The van der Waals surface area contributed by atoms with Crippen molar-refractivity contribution in [1.29, 1.82) is 0 Å². The second-order valence-corrected chi connectivity index (χ2v) is 7.68. The van der Waals surface area contributed by atoms with E-state index in [1.54, 1.807) is 0 Å². The van der Waals surface area contributed by atoms with Gasteiger partial charge in [-0.2, -0.15) is 0 Å². The van der Waals surface area contributed by atoms with Crippen LogP contribution >= 0.6 is 22.9 Å². The molecule has 3 nitrogen and oxygen atoms in total. The summed E-state index contributed by atoms with van der Waals surface area (Å²) >= 11 is 7.47. The van der Waals surface area contributed by atoms with Crippen LogP contribution < -0.4 is 10.1 Å². The van der Waals surface area contributed by atoms with E-state index in [2.05, 4.69) is 12.2 Å². The second-order valence-electron chi connectivity index (χ2n) is 6.36. The van der Waals surface area contributed by atoms with Gasteiger partial charge in [-0.15, -0.1) is 11.3 Å². The van der Waals surface area contributed by atoms with Crippen LogP contribution in [-0.4, -0.2) is 5.91 Å². The summed E-state index contributed by atoms with van der Waals surface area (Å²) in [5.41, 5.74) is 3.07. The van der Waals surface area contributed by atoms with E-state index < -0.39 is 0 Å². The molecule has 2 aromatic carbocycles. The van der Waals surface area contributed by atoms with E-state index in [9.17, 15) is 4.79 Å². The summed E-state index contributed by atoms with van der Waals surface area (Å²) < 4.78 is 5.81. The van der Waals surface area contributed by atoms with Crippen molar-refractivity contribution in [2.45, 2.75) is 32.9 Å². The Morgan fingerprint density at radius 1 is 1.19 bits per heavy atom. The van der Waals surface area contributed by atoms with Gasteiger partial charge in [0.2, 0.25) is 0 Å². The van der Waals surface area contributed by atoms with E-state index in [1.807, 2.05) is 66.9 Å². The smallest absolute Gasteiger partial charge is 0.261 e. The molecule has 1 unspecified atom stereocenters. The van der Waals surface area contributed by atoms with Gasteiger partial charge >= 0.3 is 0 Å². The van der Waals surface area contributed by atoms with Crippen LogP contribution in [-0.2, 0) is 6.61 Å². The van der Waals surface area contributed by atoms with Crippen LogP contribution in [0.5, 0.6) is 5.75 Å². The lowest BCUT2D eigenvalue weighted by Gasteiger charge is -2.16. The van der Waals surface area contributed by atoms with Gasteiger partial charge in [0.1, 0.15) is 12.4 Å². The Kier molecular flexibility index (Phi) is 6.54. The van der Waals surface area contributed by atoms with Crippen LogP contribution in [0, 0.1) is 6.92 Å². The molecule has 0 fully saturated rings. The first-order valence-corrected chi connectivity index (χ1v) is 10.1. The molecule has 1 N–H and O–H groups in total. The third kappa shape index (κ3) is 5.12. The first kappa shape index (κ1) is 19.5. The molecule has 1 amide bonds. The van der Waals surface area contributed by atoms with Gasteiger partial charge in [0.05, 0.1) is 10.9 Å². The zero-order chi connectivity index (χ0) is 19.2. The summed E-state index contributed by atoms with van der Waals surface area (Å²) in [6, 6.07) is 17.5. The molecule has 1 atom stereocenters. The molecule has 0 spiro atoms. The third-order valence-electron chi connectivity index (χ3n) is 4.33. The van der Waals surface area contributed by atoms with Crippen molar-refractivity contribution in [3.05, 3.63) is 86.6 Å². The van der Waals surface area contributed by atoms with Crippen LogP contribution in [0.15, 0.2) is 60.0 Å². The van der Waals surface area contributed by atoms with E-state index in [0.29, 0.717) is 11.5 Å². The Bertz CT molecular complexity index is 908. The van der Waals surface area contributed by atoms with Gasteiger partial charge in [-0.05, 0) is 54.1 Å². The first-order valence-electron chi connectivity index (χ1n) is 8.89. The molecule has 0 aliphatic carbocycles. The summed E-state index contributed by atoms with van der Waals surface area (Å²) in [7, 11) is 0. The molecule has 3 aromatic rings. The number of carbonyl (C=O) groups is 1. The van der Waals surface area contributed by atoms with E-state index in [4.69, 9.17) is 16.3 Å². The van der Waals surface area contributed by atoms with Gasteiger partial charge in [-0.3, -0.25) is 4.79 Å². The molecule has 0 aliphatic heterocycles. The van der Waals surface area contributed by atoms with E-state index >= 15 is 0 Å². The van der Waals surface area contributed by atoms with Gasteiger partial charge < -0.3 is 10.1 Å². The van der Waals surface area contributed by atoms with E-state index in [-0.39, 0.29) is 11.9 Å².